The molecule has 0 unspecified atom stereocenters. The highest BCUT2D eigenvalue weighted by molar-refractivity contribution is 5.97. The summed E-state index contributed by atoms with van der Waals surface area (Å²) in [5.41, 5.74) is 3.11. The van der Waals surface area contributed by atoms with Gasteiger partial charge in [-0.05, 0) is 22.8 Å². The number of methoxy groups -OCH3 is 1. The monoisotopic (exact) mass is 295 g/mol. The number of hydrogen-bond donors (Lipinski definition) is 1. The van der Waals surface area contributed by atoms with Gasteiger partial charge in [0.25, 0.3) is 0 Å². The second-order valence-corrected chi connectivity index (χ2v) is 4.72. The maximum absolute atomic E-state index is 11.6. The van der Waals surface area contributed by atoms with Gasteiger partial charge in [0.1, 0.15) is 5.70 Å². The number of benzene rings is 2. The van der Waals surface area contributed by atoms with Gasteiger partial charge in [-0.15, -0.1) is 0 Å². The van der Waals surface area contributed by atoms with Gasteiger partial charge in [-0.2, -0.15) is 0 Å². The number of nitrogens with one attached hydrogen (secondary N) is 1. The van der Waals surface area contributed by atoms with Crippen molar-refractivity contribution in [2.45, 2.75) is 6.92 Å². The van der Waals surface area contributed by atoms with Crippen LogP contribution in [0.1, 0.15) is 12.5 Å². The van der Waals surface area contributed by atoms with Crippen LogP contribution < -0.4 is 5.32 Å². The molecule has 2 aromatic rings. The fourth-order valence-corrected chi connectivity index (χ4v) is 2.01. The SMILES string of the molecule is COC(=O)C(=Cc1ccc(-c2ccccc2)cc1)NC(C)=O. The predicted octanol–water partition coefficient (Wildman–Crippen LogP) is 3.00. The normalized spacial score (nSPS) is 10.9. The molecule has 0 aromatic heterocycles. The topological polar surface area (TPSA) is 55.4 Å². The van der Waals surface area contributed by atoms with E-state index in [1.807, 2.05) is 54.6 Å². The third-order valence-electron chi connectivity index (χ3n) is 3.04. The minimum Gasteiger partial charge on any atom is -0.464 e. The molecule has 0 bridgehead atoms. The van der Waals surface area contributed by atoms with Gasteiger partial charge >= 0.3 is 5.97 Å². The maximum Gasteiger partial charge on any atom is 0.354 e. The largest absolute Gasteiger partial charge is 0.464 e. The van der Waals surface area contributed by atoms with Gasteiger partial charge in [0.2, 0.25) is 5.91 Å². The molecule has 0 radical (unpaired) electrons. The van der Waals surface area contributed by atoms with Gasteiger partial charge in [-0.25, -0.2) is 4.79 Å². The Morgan fingerprint density at radius 2 is 1.55 bits per heavy atom. The van der Waals surface area contributed by atoms with Crippen molar-refractivity contribution in [1.29, 1.82) is 0 Å². The second kappa shape index (κ2) is 7.22. The maximum atomic E-state index is 11.6. The van der Waals surface area contributed by atoms with E-state index >= 15 is 0 Å². The zero-order valence-electron chi connectivity index (χ0n) is 12.5. The van der Waals surface area contributed by atoms with Gasteiger partial charge in [0.05, 0.1) is 7.11 Å². The Kier molecular flexibility index (Phi) is 5.09. The summed E-state index contributed by atoms with van der Waals surface area (Å²) in [6, 6.07) is 17.7. The van der Waals surface area contributed by atoms with Crippen LogP contribution in [-0.2, 0) is 14.3 Å². The van der Waals surface area contributed by atoms with Crippen LogP contribution >= 0.6 is 0 Å². The van der Waals surface area contributed by atoms with Gasteiger partial charge < -0.3 is 10.1 Å². The number of hydrogen-bond acceptors (Lipinski definition) is 3. The van der Waals surface area contributed by atoms with E-state index in [4.69, 9.17) is 0 Å². The van der Waals surface area contributed by atoms with Crippen LogP contribution in [0.25, 0.3) is 17.2 Å². The molecule has 22 heavy (non-hydrogen) atoms. The number of rotatable bonds is 4. The third kappa shape index (κ3) is 4.06. The molecule has 1 N–H and O–H groups in total. The summed E-state index contributed by atoms with van der Waals surface area (Å²) in [7, 11) is 1.27. The van der Waals surface area contributed by atoms with Crippen molar-refractivity contribution in [1.82, 2.24) is 5.32 Å². The fourth-order valence-electron chi connectivity index (χ4n) is 2.01. The molecule has 4 heteroatoms. The quantitative estimate of drug-likeness (QED) is 0.697. The van der Waals surface area contributed by atoms with Crippen LogP contribution in [0.2, 0.25) is 0 Å². The molecule has 0 fully saturated rings. The van der Waals surface area contributed by atoms with Crippen molar-refractivity contribution in [3.05, 3.63) is 65.9 Å². The van der Waals surface area contributed by atoms with E-state index in [2.05, 4.69) is 10.1 Å². The van der Waals surface area contributed by atoms with E-state index in [1.54, 1.807) is 6.08 Å². The summed E-state index contributed by atoms with van der Waals surface area (Å²) in [5.74, 6) is -0.903. The summed E-state index contributed by atoms with van der Waals surface area (Å²) in [6.07, 6.45) is 1.59. The first-order chi connectivity index (χ1) is 10.6. The van der Waals surface area contributed by atoms with Crippen LogP contribution in [0.15, 0.2) is 60.3 Å². The number of amides is 1. The Morgan fingerprint density at radius 3 is 2.09 bits per heavy atom. The Morgan fingerprint density at radius 1 is 0.955 bits per heavy atom. The molecule has 0 heterocycles. The predicted molar refractivity (Wildman–Crippen MR) is 85.7 cm³/mol. The van der Waals surface area contributed by atoms with Crippen LogP contribution in [0.4, 0.5) is 0 Å². The molecule has 4 nitrogen and oxygen atoms in total. The molecule has 2 aromatic carbocycles. The summed E-state index contributed by atoms with van der Waals surface area (Å²) in [6.45, 7) is 1.34. The van der Waals surface area contributed by atoms with E-state index in [-0.39, 0.29) is 11.6 Å². The first-order valence-corrected chi connectivity index (χ1v) is 6.83. The van der Waals surface area contributed by atoms with E-state index < -0.39 is 5.97 Å². The number of carbonyl (C=O) groups is 2. The van der Waals surface area contributed by atoms with Crippen molar-refractivity contribution >= 4 is 18.0 Å². The minimum atomic E-state index is -0.581. The molecule has 0 aliphatic rings. The molecule has 0 saturated carbocycles. The smallest absolute Gasteiger partial charge is 0.354 e. The fraction of sp³-hybridized carbons (Fsp3) is 0.111. The third-order valence-corrected chi connectivity index (χ3v) is 3.04. The molecule has 0 aliphatic heterocycles. The van der Waals surface area contributed by atoms with Crippen molar-refractivity contribution in [3.63, 3.8) is 0 Å². The van der Waals surface area contributed by atoms with Gasteiger partial charge in [0, 0.05) is 6.92 Å². The van der Waals surface area contributed by atoms with Crippen molar-refractivity contribution in [3.8, 4) is 11.1 Å². The Balaban J connectivity index is 2.26. The van der Waals surface area contributed by atoms with Crippen LogP contribution in [-0.4, -0.2) is 19.0 Å². The van der Waals surface area contributed by atoms with E-state index in [9.17, 15) is 9.59 Å². The van der Waals surface area contributed by atoms with Crippen LogP contribution in [0, 0.1) is 0 Å². The lowest BCUT2D eigenvalue weighted by molar-refractivity contribution is -0.137. The van der Waals surface area contributed by atoms with Crippen LogP contribution in [0.3, 0.4) is 0 Å². The van der Waals surface area contributed by atoms with E-state index in [1.165, 1.54) is 14.0 Å². The Labute approximate surface area is 129 Å². The summed E-state index contributed by atoms with van der Waals surface area (Å²) < 4.78 is 4.66. The summed E-state index contributed by atoms with van der Waals surface area (Å²) in [5, 5.41) is 2.47. The zero-order valence-corrected chi connectivity index (χ0v) is 12.5. The molecule has 1 amide bonds. The molecule has 0 spiro atoms. The minimum absolute atomic E-state index is 0.113. The molecule has 0 atom stereocenters. The second-order valence-electron chi connectivity index (χ2n) is 4.72. The van der Waals surface area contributed by atoms with Crippen molar-refractivity contribution < 1.29 is 14.3 Å². The lowest BCUT2D eigenvalue weighted by Crippen LogP contribution is -2.25. The molecule has 0 aliphatic carbocycles. The standard InChI is InChI=1S/C18H17NO3/c1-13(20)19-17(18(21)22-2)12-14-8-10-16(11-9-14)15-6-4-3-5-7-15/h3-12H,1-2H3,(H,19,20). The Bertz CT molecular complexity index is 688. The van der Waals surface area contributed by atoms with E-state index in [0.717, 1.165) is 16.7 Å². The van der Waals surface area contributed by atoms with Crippen molar-refractivity contribution in [2.75, 3.05) is 7.11 Å². The lowest BCUT2D eigenvalue weighted by Gasteiger charge is -2.06. The van der Waals surface area contributed by atoms with Crippen molar-refractivity contribution in [2.24, 2.45) is 0 Å². The first kappa shape index (κ1) is 15.5. The molecule has 2 rings (SSSR count). The average Bonchev–Trinajstić information content (AvgIpc) is 2.54. The van der Waals surface area contributed by atoms with Crippen LogP contribution in [0.5, 0.6) is 0 Å². The molecular weight excluding hydrogens is 278 g/mol. The highest BCUT2D eigenvalue weighted by Gasteiger charge is 2.11. The number of carbonyl (C=O) groups excluding carboxylic acids is 2. The highest BCUT2D eigenvalue weighted by atomic mass is 16.5. The van der Waals surface area contributed by atoms with Gasteiger partial charge in [0.15, 0.2) is 0 Å². The zero-order chi connectivity index (χ0) is 15.9. The molecule has 112 valence electrons. The molecule has 0 saturated heterocycles. The number of ether oxygens (including phenoxy) is 1. The highest BCUT2D eigenvalue weighted by Crippen LogP contribution is 2.20. The van der Waals surface area contributed by atoms with E-state index in [0.29, 0.717) is 0 Å². The number of esters is 1. The average molecular weight is 295 g/mol. The van der Waals surface area contributed by atoms with Gasteiger partial charge in [-0.3, -0.25) is 4.79 Å². The lowest BCUT2D eigenvalue weighted by atomic mass is 10.0. The molecular formula is C18H17NO3. The Hall–Kier alpha value is -2.88. The summed E-state index contributed by atoms with van der Waals surface area (Å²) >= 11 is 0. The first-order valence-electron chi connectivity index (χ1n) is 6.83. The van der Waals surface area contributed by atoms with Gasteiger partial charge in [-0.1, -0.05) is 54.6 Å². The summed E-state index contributed by atoms with van der Waals surface area (Å²) in [4.78, 5) is 22.8.